The monoisotopic (exact) mass is 194 g/mol. The lowest BCUT2D eigenvalue weighted by molar-refractivity contribution is -0.0155. The highest BCUT2D eigenvalue weighted by atomic mass is 16.5. The molecule has 0 aliphatic carbocycles. The van der Waals surface area contributed by atoms with Gasteiger partial charge in [0.25, 0.3) is 0 Å². The van der Waals surface area contributed by atoms with E-state index in [1.54, 1.807) is 6.07 Å². The quantitative estimate of drug-likeness (QED) is 0.801. The molecule has 0 aliphatic rings. The van der Waals surface area contributed by atoms with Gasteiger partial charge in [-0.1, -0.05) is 12.1 Å². The van der Waals surface area contributed by atoms with Gasteiger partial charge in [-0.25, -0.2) is 0 Å². The van der Waals surface area contributed by atoms with Gasteiger partial charge < -0.3 is 9.84 Å². The van der Waals surface area contributed by atoms with Gasteiger partial charge in [0.05, 0.1) is 5.60 Å². The molecule has 0 fully saturated rings. The molecule has 2 nitrogen and oxygen atoms in total. The third-order valence-electron chi connectivity index (χ3n) is 2.31. The first-order valence-corrected chi connectivity index (χ1v) is 4.91. The maximum Gasteiger partial charge on any atom is 0.121 e. The van der Waals surface area contributed by atoms with Crippen molar-refractivity contribution in [2.24, 2.45) is 0 Å². The van der Waals surface area contributed by atoms with Crippen LogP contribution in [0.5, 0.6) is 5.75 Å². The maximum absolute atomic E-state index is 9.77. The summed E-state index contributed by atoms with van der Waals surface area (Å²) in [5, 5.41) is 9.77. The van der Waals surface area contributed by atoms with Crippen molar-refractivity contribution in [3.8, 4) is 5.75 Å². The Balaban J connectivity index is 3.06. The smallest absolute Gasteiger partial charge is 0.121 e. The number of phenolic OH excluding ortho intramolecular Hbond substituents is 1. The lowest BCUT2D eigenvalue weighted by Crippen LogP contribution is -2.21. The van der Waals surface area contributed by atoms with Crippen molar-refractivity contribution in [2.75, 3.05) is 6.61 Å². The van der Waals surface area contributed by atoms with Crippen LogP contribution in [0.3, 0.4) is 0 Å². The highest BCUT2D eigenvalue weighted by molar-refractivity contribution is 5.39. The molecular formula is C12H18O2. The fraction of sp³-hybridized carbons (Fsp3) is 0.500. The van der Waals surface area contributed by atoms with Crippen LogP contribution in [0, 0.1) is 6.92 Å². The minimum atomic E-state index is -0.424. The first kappa shape index (κ1) is 11.1. The number of hydrogen-bond donors (Lipinski definition) is 1. The molecule has 0 atom stereocenters. The Hall–Kier alpha value is -1.02. The zero-order chi connectivity index (χ0) is 10.8. The molecule has 2 heteroatoms. The number of phenols is 1. The van der Waals surface area contributed by atoms with Crippen LogP contribution >= 0.6 is 0 Å². The maximum atomic E-state index is 9.77. The van der Waals surface area contributed by atoms with Gasteiger partial charge in [-0.2, -0.15) is 0 Å². The molecule has 14 heavy (non-hydrogen) atoms. The Morgan fingerprint density at radius 1 is 1.36 bits per heavy atom. The SMILES string of the molecule is CCOC(C)(C)c1ccc(C)cc1O. The van der Waals surface area contributed by atoms with Gasteiger partial charge in [0, 0.05) is 12.2 Å². The van der Waals surface area contributed by atoms with E-state index in [1.807, 2.05) is 39.8 Å². The van der Waals surface area contributed by atoms with Crippen molar-refractivity contribution >= 4 is 0 Å². The van der Waals surface area contributed by atoms with E-state index in [1.165, 1.54) is 0 Å². The molecule has 0 amide bonds. The minimum absolute atomic E-state index is 0.309. The summed E-state index contributed by atoms with van der Waals surface area (Å²) in [7, 11) is 0. The average molecular weight is 194 g/mol. The predicted molar refractivity (Wildman–Crippen MR) is 57.5 cm³/mol. The Morgan fingerprint density at radius 3 is 2.50 bits per heavy atom. The molecule has 0 radical (unpaired) electrons. The first-order valence-electron chi connectivity index (χ1n) is 4.91. The summed E-state index contributed by atoms with van der Waals surface area (Å²) < 4.78 is 5.58. The third kappa shape index (κ3) is 2.26. The zero-order valence-corrected chi connectivity index (χ0v) is 9.29. The summed E-state index contributed by atoms with van der Waals surface area (Å²) in [6, 6.07) is 5.66. The van der Waals surface area contributed by atoms with Crippen molar-refractivity contribution in [3.63, 3.8) is 0 Å². The van der Waals surface area contributed by atoms with Gasteiger partial charge in [0.15, 0.2) is 0 Å². The lowest BCUT2D eigenvalue weighted by atomic mass is 9.96. The Kier molecular flexibility index (Phi) is 3.17. The van der Waals surface area contributed by atoms with Gasteiger partial charge in [-0.05, 0) is 39.3 Å². The second-order valence-corrected chi connectivity index (χ2v) is 3.96. The van der Waals surface area contributed by atoms with E-state index in [-0.39, 0.29) is 0 Å². The van der Waals surface area contributed by atoms with E-state index in [0.29, 0.717) is 12.4 Å². The summed E-state index contributed by atoms with van der Waals surface area (Å²) in [6.07, 6.45) is 0. The highest BCUT2D eigenvalue weighted by Gasteiger charge is 2.23. The average Bonchev–Trinajstić information content (AvgIpc) is 2.02. The second-order valence-electron chi connectivity index (χ2n) is 3.96. The number of ether oxygens (including phenoxy) is 1. The number of rotatable bonds is 3. The Bertz CT molecular complexity index is 316. The summed E-state index contributed by atoms with van der Waals surface area (Å²) in [6.45, 7) is 8.46. The number of aromatic hydroxyl groups is 1. The summed E-state index contributed by atoms with van der Waals surface area (Å²) in [5.41, 5.74) is 1.47. The normalized spacial score (nSPS) is 11.7. The molecule has 0 saturated carbocycles. The van der Waals surface area contributed by atoms with Crippen LogP contribution in [0.1, 0.15) is 31.9 Å². The van der Waals surface area contributed by atoms with Crippen LogP contribution in [-0.4, -0.2) is 11.7 Å². The van der Waals surface area contributed by atoms with E-state index in [0.717, 1.165) is 11.1 Å². The van der Waals surface area contributed by atoms with E-state index < -0.39 is 5.60 Å². The molecule has 0 saturated heterocycles. The Morgan fingerprint density at radius 2 is 2.00 bits per heavy atom. The second kappa shape index (κ2) is 4.01. The molecule has 0 heterocycles. The number of hydrogen-bond acceptors (Lipinski definition) is 2. The molecule has 1 aromatic carbocycles. The van der Waals surface area contributed by atoms with Crippen LogP contribution in [0.15, 0.2) is 18.2 Å². The molecule has 78 valence electrons. The van der Waals surface area contributed by atoms with Crippen molar-refractivity contribution in [1.82, 2.24) is 0 Å². The van der Waals surface area contributed by atoms with Crippen LogP contribution in [0.4, 0.5) is 0 Å². The summed E-state index contributed by atoms with van der Waals surface area (Å²) >= 11 is 0. The lowest BCUT2D eigenvalue weighted by Gasteiger charge is -2.26. The fourth-order valence-corrected chi connectivity index (χ4v) is 1.59. The standard InChI is InChI=1S/C12H18O2/c1-5-14-12(3,4)10-7-6-9(2)8-11(10)13/h6-8,13H,5H2,1-4H3. The van der Waals surface area contributed by atoms with E-state index in [2.05, 4.69) is 0 Å². The van der Waals surface area contributed by atoms with Gasteiger partial charge >= 0.3 is 0 Å². The van der Waals surface area contributed by atoms with E-state index in [4.69, 9.17) is 4.74 Å². The van der Waals surface area contributed by atoms with Gasteiger partial charge in [-0.3, -0.25) is 0 Å². The highest BCUT2D eigenvalue weighted by Crippen LogP contribution is 2.32. The van der Waals surface area contributed by atoms with Crippen molar-refractivity contribution in [3.05, 3.63) is 29.3 Å². The van der Waals surface area contributed by atoms with E-state index >= 15 is 0 Å². The predicted octanol–water partition coefficient (Wildman–Crippen LogP) is 2.97. The molecule has 0 unspecified atom stereocenters. The molecule has 0 aromatic heterocycles. The van der Waals surface area contributed by atoms with Gasteiger partial charge in [-0.15, -0.1) is 0 Å². The van der Waals surface area contributed by atoms with Crippen LogP contribution in [-0.2, 0) is 10.3 Å². The molecule has 0 spiro atoms. The van der Waals surface area contributed by atoms with Gasteiger partial charge in [0.2, 0.25) is 0 Å². The number of aryl methyl sites for hydroxylation is 1. The molecule has 0 aliphatic heterocycles. The molecule has 1 rings (SSSR count). The summed E-state index contributed by atoms with van der Waals surface area (Å²) in [4.78, 5) is 0. The molecule has 0 bridgehead atoms. The van der Waals surface area contributed by atoms with Crippen LogP contribution < -0.4 is 0 Å². The zero-order valence-electron chi connectivity index (χ0n) is 9.29. The minimum Gasteiger partial charge on any atom is -0.508 e. The largest absolute Gasteiger partial charge is 0.508 e. The van der Waals surface area contributed by atoms with E-state index in [9.17, 15) is 5.11 Å². The van der Waals surface area contributed by atoms with Crippen LogP contribution in [0.25, 0.3) is 0 Å². The van der Waals surface area contributed by atoms with Crippen molar-refractivity contribution in [1.29, 1.82) is 0 Å². The fourth-order valence-electron chi connectivity index (χ4n) is 1.59. The third-order valence-corrected chi connectivity index (χ3v) is 2.31. The van der Waals surface area contributed by atoms with Crippen molar-refractivity contribution in [2.45, 2.75) is 33.3 Å². The first-order chi connectivity index (χ1) is 6.47. The Labute approximate surface area is 85.5 Å². The molecular weight excluding hydrogens is 176 g/mol. The topological polar surface area (TPSA) is 29.5 Å². The summed E-state index contributed by atoms with van der Waals surface area (Å²) in [5.74, 6) is 0.309. The van der Waals surface area contributed by atoms with Gasteiger partial charge in [0.1, 0.15) is 5.75 Å². The molecule has 1 N–H and O–H groups in total. The van der Waals surface area contributed by atoms with Crippen LogP contribution in [0.2, 0.25) is 0 Å². The van der Waals surface area contributed by atoms with Crippen molar-refractivity contribution < 1.29 is 9.84 Å². The number of benzene rings is 1. The molecule has 1 aromatic rings.